The molecule has 130 valence electrons. The fourth-order valence-electron chi connectivity index (χ4n) is 2.79. The Hall–Kier alpha value is -2.40. The zero-order valence-corrected chi connectivity index (χ0v) is 15.6. The van der Waals surface area contributed by atoms with Gasteiger partial charge in [0.15, 0.2) is 4.80 Å². The second-order valence-electron chi connectivity index (χ2n) is 5.97. The van der Waals surface area contributed by atoms with Crippen LogP contribution in [0.1, 0.15) is 35.7 Å². The third-order valence-corrected chi connectivity index (χ3v) is 5.32. The highest BCUT2D eigenvalue weighted by atomic mass is 32.1. The number of methoxy groups -OCH3 is 1. The molecular formula is C20H22N2O2S. The number of thiazole rings is 1. The van der Waals surface area contributed by atoms with E-state index < -0.39 is 0 Å². The highest BCUT2D eigenvalue weighted by Gasteiger charge is 2.12. The van der Waals surface area contributed by atoms with Crippen LogP contribution >= 0.6 is 11.3 Å². The summed E-state index contributed by atoms with van der Waals surface area (Å²) >= 11 is 1.54. The molecule has 5 heteroatoms. The molecule has 1 heterocycles. The molecule has 0 saturated carbocycles. The molecule has 1 aromatic heterocycles. The van der Waals surface area contributed by atoms with E-state index in [4.69, 9.17) is 4.74 Å². The van der Waals surface area contributed by atoms with Crippen molar-refractivity contribution in [3.8, 4) is 5.75 Å². The largest absolute Gasteiger partial charge is 0.496 e. The minimum Gasteiger partial charge on any atom is -0.496 e. The van der Waals surface area contributed by atoms with Gasteiger partial charge in [0.25, 0.3) is 5.91 Å². The third-order valence-electron chi connectivity index (χ3n) is 4.23. The number of unbranched alkanes of at least 4 members (excludes halogenated alkanes) is 1. The second-order valence-corrected chi connectivity index (χ2v) is 6.98. The van der Waals surface area contributed by atoms with Crippen LogP contribution in [0.25, 0.3) is 10.2 Å². The number of amides is 1. The van der Waals surface area contributed by atoms with Crippen LogP contribution in [0.15, 0.2) is 47.5 Å². The smallest absolute Gasteiger partial charge is 0.283 e. The quantitative estimate of drug-likeness (QED) is 0.684. The molecule has 0 aliphatic heterocycles. The van der Waals surface area contributed by atoms with Crippen LogP contribution in [0.3, 0.4) is 0 Å². The molecular weight excluding hydrogens is 332 g/mol. The lowest BCUT2D eigenvalue weighted by Gasteiger charge is -2.03. The van der Waals surface area contributed by atoms with E-state index in [-0.39, 0.29) is 5.91 Å². The first-order chi connectivity index (χ1) is 12.1. The Morgan fingerprint density at radius 3 is 2.80 bits per heavy atom. The van der Waals surface area contributed by atoms with E-state index in [1.165, 1.54) is 18.4 Å². The van der Waals surface area contributed by atoms with Gasteiger partial charge in [-0.3, -0.25) is 4.79 Å². The van der Waals surface area contributed by atoms with Crippen molar-refractivity contribution in [2.45, 2.75) is 26.2 Å². The summed E-state index contributed by atoms with van der Waals surface area (Å²) in [7, 11) is 3.50. The van der Waals surface area contributed by atoms with Gasteiger partial charge in [0, 0.05) is 7.05 Å². The highest BCUT2D eigenvalue weighted by molar-refractivity contribution is 7.16. The number of aryl methyl sites for hydroxylation is 2. The lowest BCUT2D eigenvalue weighted by atomic mass is 10.1. The lowest BCUT2D eigenvalue weighted by Crippen LogP contribution is -2.13. The Bertz CT molecular complexity index is 969. The standard InChI is InChI=1S/C20H22N2O2S/c1-4-5-8-14-11-12-16-18(13-14)25-20(22(16)2)21-19(23)15-9-6-7-10-17(15)24-3/h6-7,9-13H,4-5,8H2,1-3H3. The summed E-state index contributed by atoms with van der Waals surface area (Å²) in [6.07, 6.45) is 3.46. The van der Waals surface area contributed by atoms with E-state index in [0.29, 0.717) is 16.1 Å². The molecule has 25 heavy (non-hydrogen) atoms. The molecule has 0 unspecified atom stereocenters. The van der Waals surface area contributed by atoms with E-state index in [9.17, 15) is 4.79 Å². The Balaban J connectivity index is 2.01. The molecule has 3 rings (SSSR count). The number of carbonyl (C=O) groups is 1. The van der Waals surface area contributed by atoms with E-state index in [1.54, 1.807) is 30.6 Å². The van der Waals surface area contributed by atoms with Crippen molar-refractivity contribution in [3.05, 3.63) is 58.4 Å². The molecule has 3 aromatic rings. The average molecular weight is 354 g/mol. The highest BCUT2D eigenvalue weighted by Crippen LogP contribution is 2.21. The van der Waals surface area contributed by atoms with Crippen molar-refractivity contribution >= 4 is 27.5 Å². The SMILES string of the molecule is CCCCc1ccc2c(c1)sc(=NC(=O)c1ccccc1OC)n2C. The topological polar surface area (TPSA) is 43.6 Å². The molecule has 0 fully saturated rings. The number of carbonyl (C=O) groups excluding carboxylic acids is 1. The average Bonchev–Trinajstić information content (AvgIpc) is 2.95. The molecule has 4 nitrogen and oxygen atoms in total. The van der Waals surface area contributed by atoms with Crippen molar-refractivity contribution in [1.29, 1.82) is 0 Å². The van der Waals surface area contributed by atoms with Crippen LogP contribution in [0, 0.1) is 0 Å². The third kappa shape index (κ3) is 3.66. The van der Waals surface area contributed by atoms with Crippen LogP contribution in [-0.2, 0) is 13.5 Å². The Morgan fingerprint density at radius 1 is 1.24 bits per heavy atom. The molecule has 0 radical (unpaired) electrons. The summed E-state index contributed by atoms with van der Waals surface area (Å²) in [6, 6.07) is 13.7. The molecule has 0 aliphatic rings. The number of aromatic nitrogens is 1. The Kier molecular flexibility index (Phi) is 5.34. The zero-order valence-electron chi connectivity index (χ0n) is 14.8. The summed E-state index contributed by atoms with van der Waals surface area (Å²) in [5.41, 5.74) is 2.90. The molecule has 0 spiro atoms. The van der Waals surface area contributed by atoms with E-state index in [2.05, 4.69) is 30.1 Å². The van der Waals surface area contributed by atoms with Gasteiger partial charge in [0.05, 0.1) is 22.9 Å². The Labute approximate surface area is 151 Å². The number of hydrogen-bond acceptors (Lipinski definition) is 3. The first-order valence-corrected chi connectivity index (χ1v) is 9.26. The van der Waals surface area contributed by atoms with Crippen molar-refractivity contribution in [3.63, 3.8) is 0 Å². The molecule has 2 aromatic carbocycles. The number of fused-ring (bicyclic) bond motifs is 1. The van der Waals surface area contributed by atoms with E-state index in [1.807, 2.05) is 23.7 Å². The maximum Gasteiger partial charge on any atom is 0.283 e. The lowest BCUT2D eigenvalue weighted by molar-refractivity contribution is 0.0995. The van der Waals surface area contributed by atoms with Crippen molar-refractivity contribution in [1.82, 2.24) is 4.57 Å². The molecule has 0 aliphatic carbocycles. The predicted octanol–water partition coefficient (Wildman–Crippen LogP) is 4.33. The zero-order chi connectivity index (χ0) is 17.8. The van der Waals surface area contributed by atoms with E-state index in [0.717, 1.165) is 16.6 Å². The predicted molar refractivity (Wildman–Crippen MR) is 102 cm³/mol. The van der Waals surface area contributed by atoms with Gasteiger partial charge in [-0.25, -0.2) is 0 Å². The van der Waals surface area contributed by atoms with Crippen LogP contribution in [0.5, 0.6) is 5.75 Å². The molecule has 0 atom stereocenters. The van der Waals surface area contributed by atoms with Crippen LogP contribution in [0.4, 0.5) is 0 Å². The first kappa shape index (κ1) is 17.4. The number of rotatable bonds is 5. The monoisotopic (exact) mass is 354 g/mol. The summed E-state index contributed by atoms with van der Waals surface area (Å²) in [6.45, 7) is 2.20. The van der Waals surface area contributed by atoms with Gasteiger partial charge in [-0.05, 0) is 42.7 Å². The number of ether oxygens (including phenoxy) is 1. The Morgan fingerprint density at radius 2 is 2.04 bits per heavy atom. The van der Waals surface area contributed by atoms with Gasteiger partial charge in [-0.1, -0.05) is 42.9 Å². The first-order valence-electron chi connectivity index (χ1n) is 8.44. The summed E-state index contributed by atoms with van der Waals surface area (Å²) < 4.78 is 8.39. The normalized spacial score (nSPS) is 11.9. The summed E-state index contributed by atoms with van der Waals surface area (Å²) in [5, 5.41) is 0. The molecule has 0 bridgehead atoms. The second kappa shape index (κ2) is 7.66. The van der Waals surface area contributed by atoms with Crippen LogP contribution in [-0.4, -0.2) is 17.6 Å². The number of nitrogens with zero attached hydrogens (tertiary/aromatic N) is 2. The van der Waals surface area contributed by atoms with Gasteiger partial charge in [-0.15, -0.1) is 0 Å². The molecule has 0 N–H and O–H groups in total. The fourth-order valence-corrected chi connectivity index (χ4v) is 3.87. The number of benzene rings is 2. The number of hydrogen-bond donors (Lipinski definition) is 0. The van der Waals surface area contributed by atoms with Gasteiger partial charge in [0.2, 0.25) is 0 Å². The van der Waals surface area contributed by atoms with Crippen molar-refractivity contribution in [2.75, 3.05) is 7.11 Å². The molecule has 1 amide bonds. The fraction of sp³-hybridized carbons (Fsp3) is 0.300. The van der Waals surface area contributed by atoms with Gasteiger partial charge in [-0.2, -0.15) is 4.99 Å². The number of para-hydroxylation sites is 1. The van der Waals surface area contributed by atoms with Crippen molar-refractivity contribution < 1.29 is 9.53 Å². The maximum absolute atomic E-state index is 12.6. The van der Waals surface area contributed by atoms with Gasteiger partial charge in [0.1, 0.15) is 5.75 Å². The molecule has 0 saturated heterocycles. The van der Waals surface area contributed by atoms with Gasteiger partial charge >= 0.3 is 0 Å². The maximum atomic E-state index is 12.6. The van der Waals surface area contributed by atoms with Crippen molar-refractivity contribution in [2.24, 2.45) is 12.0 Å². The van der Waals surface area contributed by atoms with Gasteiger partial charge < -0.3 is 9.30 Å². The minimum absolute atomic E-state index is 0.286. The van der Waals surface area contributed by atoms with Crippen LogP contribution < -0.4 is 9.54 Å². The minimum atomic E-state index is -0.286. The summed E-state index contributed by atoms with van der Waals surface area (Å²) in [4.78, 5) is 17.6. The van der Waals surface area contributed by atoms with E-state index >= 15 is 0 Å². The summed E-state index contributed by atoms with van der Waals surface area (Å²) in [5.74, 6) is 0.257. The van der Waals surface area contributed by atoms with Crippen LogP contribution in [0.2, 0.25) is 0 Å².